The average Bonchev–Trinajstić information content (AvgIpc) is 3.01. The molecule has 6 rings (SSSR count). The fourth-order valence-electron chi connectivity index (χ4n) is 5.97. The number of benzene rings is 2. The molecule has 41 heavy (non-hydrogen) atoms. The van der Waals surface area contributed by atoms with E-state index in [1.807, 2.05) is 47.0 Å². The second-order valence-electron chi connectivity index (χ2n) is 10.5. The summed E-state index contributed by atoms with van der Waals surface area (Å²) < 4.78 is 7.30. The number of hydrogen-bond acceptors (Lipinski definition) is 6. The van der Waals surface area contributed by atoms with Crippen molar-refractivity contribution in [3.05, 3.63) is 118 Å². The number of carbonyl (C=O) groups is 2. The van der Waals surface area contributed by atoms with E-state index >= 15 is 0 Å². The molecule has 2 atom stereocenters. The Morgan fingerprint density at radius 1 is 0.927 bits per heavy atom. The molecule has 0 saturated carbocycles. The number of nitrogens with one attached hydrogen (secondary N) is 2. The quantitative estimate of drug-likeness (QED) is 0.360. The number of anilines is 2. The molecule has 4 aromatic rings. The Morgan fingerprint density at radius 2 is 1.76 bits per heavy atom. The van der Waals surface area contributed by atoms with E-state index in [0.29, 0.717) is 48.1 Å². The molecule has 4 heterocycles. The lowest BCUT2D eigenvalue weighted by molar-refractivity contribution is 0.0949. The monoisotopic (exact) mass is 549 g/mol. The standard InChI is InChI=1S/C32H31N5O4/c1-41-29-7-3-2-5-24(29)17-34-31(39)23-9-10-28(26(16-23)35-32(40)22-11-13-33-14-12-22)36-18-21-15-25(20-36)27-6-4-8-30(38)37(27)19-21/h2-14,16,21,25H,15,17-20H2,1H3,(H,34,39)(H,35,40)/t21-,25+/m1/s1. The topological polar surface area (TPSA) is 106 Å². The molecule has 0 radical (unpaired) electrons. The summed E-state index contributed by atoms with van der Waals surface area (Å²) in [6.45, 7) is 2.42. The number of amides is 2. The Hall–Kier alpha value is -4.92. The third-order valence-corrected chi connectivity index (χ3v) is 7.90. The predicted molar refractivity (Wildman–Crippen MR) is 157 cm³/mol. The molecule has 9 heteroatoms. The molecule has 208 valence electrons. The number of fused-ring (bicyclic) bond motifs is 4. The van der Waals surface area contributed by atoms with Crippen molar-refractivity contribution < 1.29 is 14.3 Å². The molecule has 2 aliphatic heterocycles. The maximum Gasteiger partial charge on any atom is 0.255 e. The van der Waals surface area contributed by atoms with Crippen LogP contribution in [0.2, 0.25) is 0 Å². The molecular formula is C32H31N5O4. The summed E-state index contributed by atoms with van der Waals surface area (Å²) in [7, 11) is 1.60. The Kier molecular flexibility index (Phi) is 7.24. The molecule has 9 nitrogen and oxygen atoms in total. The molecule has 0 spiro atoms. The third-order valence-electron chi connectivity index (χ3n) is 7.90. The van der Waals surface area contributed by atoms with Gasteiger partial charge in [0.15, 0.2) is 0 Å². The first-order chi connectivity index (χ1) is 20.0. The second kappa shape index (κ2) is 11.3. The molecule has 2 N–H and O–H groups in total. The first-order valence-electron chi connectivity index (χ1n) is 13.7. The minimum Gasteiger partial charge on any atom is -0.496 e. The van der Waals surface area contributed by atoms with Gasteiger partial charge in [-0.05, 0) is 54.8 Å². The first-order valence-corrected chi connectivity index (χ1v) is 13.7. The number of para-hydroxylation sites is 1. The lowest BCUT2D eigenvalue weighted by atomic mass is 9.83. The molecular weight excluding hydrogens is 518 g/mol. The van der Waals surface area contributed by atoms with Crippen LogP contribution in [0, 0.1) is 5.92 Å². The van der Waals surface area contributed by atoms with Crippen molar-refractivity contribution in [2.45, 2.75) is 25.4 Å². The van der Waals surface area contributed by atoms with Crippen molar-refractivity contribution in [2.75, 3.05) is 30.4 Å². The van der Waals surface area contributed by atoms with Crippen molar-refractivity contribution in [1.82, 2.24) is 14.9 Å². The zero-order valence-electron chi connectivity index (χ0n) is 22.7. The molecule has 2 bridgehead atoms. The van der Waals surface area contributed by atoms with Crippen molar-refractivity contribution in [1.29, 1.82) is 0 Å². The second-order valence-corrected chi connectivity index (χ2v) is 10.5. The minimum absolute atomic E-state index is 0.0411. The lowest BCUT2D eigenvalue weighted by Crippen LogP contribution is -2.47. The van der Waals surface area contributed by atoms with Crippen LogP contribution in [0.4, 0.5) is 11.4 Å². The fourth-order valence-corrected chi connectivity index (χ4v) is 5.97. The molecule has 1 saturated heterocycles. The number of pyridine rings is 2. The van der Waals surface area contributed by atoms with Gasteiger partial charge in [0.25, 0.3) is 17.4 Å². The van der Waals surface area contributed by atoms with Crippen LogP contribution in [0.1, 0.15) is 44.3 Å². The van der Waals surface area contributed by atoms with Gasteiger partial charge in [-0.15, -0.1) is 0 Å². The highest BCUT2D eigenvalue weighted by Gasteiger charge is 2.35. The summed E-state index contributed by atoms with van der Waals surface area (Å²) in [6.07, 6.45) is 4.16. The Bertz CT molecular complexity index is 1650. The maximum absolute atomic E-state index is 13.2. The Balaban J connectivity index is 1.29. The van der Waals surface area contributed by atoms with E-state index in [1.165, 1.54) is 0 Å². The molecule has 1 fully saturated rings. The third kappa shape index (κ3) is 5.43. The first kappa shape index (κ1) is 26.3. The normalized spacial score (nSPS) is 17.3. The van der Waals surface area contributed by atoms with Gasteiger partial charge in [-0.2, -0.15) is 0 Å². The van der Waals surface area contributed by atoms with Gasteiger partial charge < -0.3 is 24.8 Å². The van der Waals surface area contributed by atoms with E-state index in [9.17, 15) is 14.4 Å². The summed E-state index contributed by atoms with van der Waals surface area (Å²) in [6, 6.07) is 21.7. The molecule has 0 aliphatic carbocycles. The highest BCUT2D eigenvalue weighted by atomic mass is 16.5. The number of aromatic nitrogens is 2. The highest BCUT2D eigenvalue weighted by Crippen LogP contribution is 2.39. The van der Waals surface area contributed by atoms with E-state index in [1.54, 1.807) is 49.8 Å². The van der Waals surface area contributed by atoms with E-state index < -0.39 is 0 Å². The Labute approximate surface area is 237 Å². The highest BCUT2D eigenvalue weighted by molar-refractivity contribution is 6.07. The van der Waals surface area contributed by atoms with E-state index in [-0.39, 0.29) is 23.3 Å². The van der Waals surface area contributed by atoms with E-state index in [0.717, 1.165) is 29.9 Å². The summed E-state index contributed by atoms with van der Waals surface area (Å²) in [5.41, 5.74) is 4.26. The van der Waals surface area contributed by atoms with Gasteiger partial charge in [0.05, 0.1) is 18.5 Å². The average molecular weight is 550 g/mol. The SMILES string of the molecule is COc1ccccc1CNC(=O)c1ccc(N2C[C@H]3C[C@@H](C2)c2cccc(=O)n2C3)c(NC(=O)c2ccncc2)c1. The zero-order valence-corrected chi connectivity index (χ0v) is 22.7. The summed E-state index contributed by atoms with van der Waals surface area (Å²) in [5, 5.41) is 6.01. The van der Waals surface area contributed by atoms with Gasteiger partial charge in [-0.3, -0.25) is 19.4 Å². The largest absolute Gasteiger partial charge is 0.496 e. The molecule has 0 unspecified atom stereocenters. The van der Waals surface area contributed by atoms with Crippen molar-refractivity contribution in [3.8, 4) is 5.75 Å². The molecule has 2 aliphatic rings. The maximum atomic E-state index is 13.2. The van der Waals surface area contributed by atoms with Crippen LogP contribution in [0.25, 0.3) is 0 Å². The zero-order chi connectivity index (χ0) is 28.3. The van der Waals surface area contributed by atoms with Gasteiger partial charge in [0.2, 0.25) is 0 Å². The van der Waals surface area contributed by atoms with Crippen molar-refractivity contribution in [3.63, 3.8) is 0 Å². The Morgan fingerprint density at radius 3 is 2.59 bits per heavy atom. The van der Waals surface area contributed by atoms with Crippen LogP contribution in [-0.2, 0) is 13.1 Å². The number of ether oxygens (including phenoxy) is 1. The van der Waals surface area contributed by atoms with Crippen molar-refractivity contribution >= 4 is 23.2 Å². The van der Waals surface area contributed by atoms with Crippen LogP contribution >= 0.6 is 0 Å². The molecule has 2 amide bonds. The predicted octanol–water partition coefficient (Wildman–Crippen LogP) is 4.06. The van der Waals surface area contributed by atoms with Gasteiger partial charge >= 0.3 is 0 Å². The molecule has 2 aromatic heterocycles. The van der Waals surface area contributed by atoms with Crippen LogP contribution in [0.5, 0.6) is 5.75 Å². The van der Waals surface area contributed by atoms with Crippen molar-refractivity contribution in [2.24, 2.45) is 5.92 Å². The van der Waals surface area contributed by atoms with Gasteiger partial charge in [0, 0.05) is 72.9 Å². The number of rotatable bonds is 7. The van der Waals surface area contributed by atoms with E-state index in [2.05, 4.69) is 20.5 Å². The summed E-state index contributed by atoms with van der Waals surface area (Å²) in [5.74, 6) is 0.658. The summed E-state index contributed by atoms with van der Waals surface area (Å²) >= 11 is 0. The van der Waals surface area contributed by atoms with Crippen LogP contribution in [0.15, 0.2) is 90.0 Å². The van der Waals surface area contributed by atoms with Crippen LogP contribution < -0.4 is 25.8 Å². The molecule has 2 aromatic carbocycles. The summed E-state index contributed by atoms with van der Waals surface area (Å²) in [4.78, 5) is 45.2. The number of hydrogen-bond donors (Lipinski definition) is 2. The number of nitrogens with zero attached hydrogens (tertiary/aromatic N) is 3. The minimum atomic E-state index is -0.283. The van der Waals surface area contributed by atoms with Gasteiger partial charge in [-0.1, -0.05) is 24.3 Å². The van der Waals surface area contributed by atoms with Gasteiger partial charge in [0.1, 0.15) is 5.75 Å². The smallest absolute Gasteiger partial charge is 0.255 e. The van der Waals surface area contributed by atoms with E-state index in [4.69, 9.17) is 4.74 Å². The lowest BCUT2D eigenvalue weighted by Gasteiger charge is -2.44. The fraction of sp³-hybridized carbons (Fsp3) is 0.250. The van der Waals surface area contributed by atoms with Crippen LogP contribution in [0.3, 0.4) is 0 Å². The van der Waals surface area contributed by atoms with Crippen LogP contribution in [-0.4, -0.2) is 41.6 Å². The number of methoxy groups -OCH3 is 1. The van der Waals surface area contributed by atoms with Gasteiger partial charge in [-0.25, -0.2) is 0 Å². The number of piperidine rings is 1. The number of carbonyl (C=O) groups excluding carboxylic acids is 2.